The third-order valence-electron chi connectivity index (χ3n) is 1.84. The Balaban J connectivity index is 3.36. The van der Waals surface area contributed by atoms with Crippen molar-refractivity contribution < 1.29 is 8.42 Å². The van der Waals surface area contributed by atoms with Crippen LogP contribution in [0, 0.1) is 5.92 Å². The van der Waals surface area contributed by atoms with Gasteiger partial charge in [0.15, 0.2) is 0 Å². The molecule has 0 aliphatic carbocycles. The molecule has 0 aliphatic rings. The van der Waals surface area contributed by atoms with E-state index in [9.17, 15) is 8.42 Å². The molecule has 0 rings (SSSR count). The molecule has 0 amide bonds. The molecule has 5 heteroatoms. The van der Waals surface area contributed by atoms with Crippen molar-refractivity contribution in [3.8, 4) is 0 Å². The molecule has 4 nitrogen and oxygen atoms in total. The molecule has 0 aromatic rings. The Morgan fingerprint density at radius 3 is 2.54 bits per heavy atom. The van der Waals surface area contributed by atoms with Crippen LogP contribution in [-0.2, 0) is 10.0 Å². The predicted octanol–water partition coefficient (Wildman–Crippen LogP) is 0.301. The molecule has 0 heterocycles. The van der Waals surface area contributed by atoms with E-state index in [1.807, 2.05) is 0 Å². The second-order valence-electron chi connectivity index (χ2n) is 3.46. The SMILES string of the molecule is CCCC(C)CNCCS(N)(=O)=O. The van der Waals surface area contributed by atoms with Gasteiger partial charge in [-0.25, -0.2) is 13.6 Å². The summed E-state index contributed by atoms with van der Waals surface area (Å²) in [6, 6.07) is 0. The normalized spacial score (nSPS) is 14.4. The van der Waals surface area contributed by atoms with Gasteiger partial charge in [0.25, 0.3) is 0 Å². The number of primary sulfonamides is 1. The third kappa shape index (κ3) is 9.79. The predicted molar refractivity (Wildman–Crippen MR) is 54.9 cm³/mol. The first-order valence-electron chi connectivity index (χ1n) is 4.67. The van der Waals surface area contributed by atoms with Crippen LogP contribution in [-0.4, -0.2) is 27.3 Å². The van der Waals surface area contributed by atoms with Crippen LogP contribution >= 0.6 is 0 Å². The van der Waals surface area contributed by atoms with E-state index in [0.717, 1.165) is 13.0 Å². The van der Waals surface area contributed by atoms with Crippen LogP contribution in [0.3, 0.4) is 0 Å². The fraction of sp³-hybridized carbons (Fsp3) is 1.00. The lowest BCUT2D eigenvalue weighted by Crippen LogP contribution is -2.29. The fourth-order valence-electron chi connectivity index (χ4n) is 1.16. The number of rotatable bonds is 7. The summed E-state index contributed by atoms with van der Waals surface area (Å²) in [6.07, 6.45) is 2.33. The molecule has 0 bridgehead atoms. The molecule has 0 fully saturated rings. The van der Waals surface area contributed by atoms with Crippen LogP contribution < -0.4 is 10.5 Å². The lowest BCUT2D eigenvalue weighted by Gasteiger charge is -2.10. The monoisotopic (exact) mass is 208 g/mol. The summed E-state index contributed by atoms with van der Waals surface area (Å²) in [5.41, 5.74) is 0. The molecule has 0 aromatic heterocycles. The van der Waals surface area contributed by atoms with Gasteiger partial charge >= 0.3 is 0 Å². The number of sulfonamides is 1. The number of hydrogen-bond acceptors (Lipinski definition) is 3. The van der Waals surface area contributed by atoms with Crippen molar-refractivity contribution in [2.75, 3.05) is 18.8 Å². The van der Waals surface area contributed by atoms with Crippen LogP contribution in [0.2, 0.25) is 0 Å². The molecule has 0 aliphatic heterocycles. The van der Waals surface area contributed by atoms with E-state index >= 15 is 0 Å². The van der Waals surface area contributed by atoms with E-state index in [-0.39, 0.29) is 5.75 Å². The van der Waals surface area contributed by atoms with Crippen molar-refractivity contribution in [2.24, 2.45) is 11.1 Å². The van der Waals surface area contributed by atoms with E-state index in [1.165, 1.54) is 6.42 Å². The molecular weight excluding hydrogens is 188 g/mol. The van der Waals surface area contributed by atoms with Crippen molar-refractivity contribution >= 4 is 10.0 Å². The van der Waals surface area contributed by atoms with Crippen LogP contribution in [0.1, 0.15) is 26.7 Å². The average Bonchev–Trinajstić information content (AvgIpc) is 1.97. The number of nitrogens with one attached hydrogen (secondary N) is 1. The first-order chi connectivity index (χ1) is 5.95. The molecule has 80 valence electrons. The molecule has 0 aromatic carbocycles. The van der Waals surface area contributed by atoms with Crippen molar-refractivity contribution in [2.45, 2.75) is 26.7 Å². The van der Waals surface area contributed by atoms with Crippen LogP contribution in [0.4, 0.5) is 0 Å². The second-order valence-corrected chi connectivity index (χ2v) is 5.20. The van der Waals surface area contributed by atoms with Gasteiger partial charge in [0.05, 0.1) is 5.75 Å². The highest BCUT2D eigenvalue weighted by molar-refractivity contribution is 7.89. The maximum atomic E-state index is 10.5. The Hall–Kier alpha value is -0.130. The quantitative estimate of drug-likeness (QED) is 0.591. The van der Waals surface area contributed by atoms with Crippen LogP contribution in [0.5, 0.6) is 0 Å². The van der Waals surface area contributed by atoms with E-state index in [0.29, 0.717) is 12.5 Å². The van der Waals surface area contributed by atoms with Gasteiger partial charge in [-0.2, -0.15) is 0 Å². The largest absolute Gasteiger partial charge is 0.315 e. The molecule has 1 unspecified atom stereocenters. The standard InChI is InChI=1S/C8H20N2O2S/c1-3-4-8(2)7-10-5-6-13(9,11)12/h8,10H,3-7H2,1-2H3,(H2,9,11,12). The Morgan fingerprint density at radius 2 is 2.08 bits per heavy atom. The Labute approximate surface area is 80.9 Å². The molecule has 0 saturated carbocycles. The van der Waals surface area contributed by atoms with E-state index in [2.05, 4.69) is 19.2 Å². The Morgan fingerprint density at radius 1 is 1.46 bits per heavy atom. The smallest absolute Gasteiger partial charge is 0.210 e. The van der Waals surface area contributed by atoms with Gasteiger partial charge < -0.3 is 5.32 Å². The fourth-order valence-corrected chi connectivity index (χ4v) is 1.59. The summed E-state index contributed by atoms with van der Waals surface area (Å²) >= 11 is 0. The van der Waals surface area contributed by atoms with Crippen molar-refractivity contribution in [3.63, 3.8) is 0 Å². The summed E-state index contributed by atoms with van der Waals surface area (Å²) in [7, 11) is -3.30. The van der Waals surface area contributed by atoms with Gasteiger partial charge in [-0.3, -0.25) is 0 Å². The first-order valence-corrected chi connectivity index (χ1v) is 6.38. The molecule has 0 saturated heterocycles. The lowest BCUT2D eigenvalue weighted by atomic mass is 10.1. The van der Waals surface area contributed by atoms with Crippen molar-refractivity contribution in [1.82, 2.24) is 5.32 Å². The number of hydrogen-bond donors (Lipinski definition) is 2. The van der Waals surface area contributed by atoms with Crippen LogP contribution in [0.25, 0.3) is 0 Å². The minimum absolute atomic E-state index is 0.0197. The molecule has 13 heavy (non-hydrogen) atoms. The Kier molecular flexibility index (Phi) is 6.28. The number of nitrogens with two attached hydrogens (primary N) is 1. The average molecular weight is 208 g/mol. The van der Waals surface area contributed by atoms with Crippen molar-refractivity contribution in [3.05, 3.63) is 0 Å². The van der Waals surface area contributed by atoms with Gasteiger partial charge in [-0.1, -0.05) is 20.3 Å². The zero-order valence-corrected chi connectivity index (χ0v) is 9.23. The summed E-state index contributed by atoms with van der Waals surface area (Å²) in [6.45, 7) is 5.60. The molecule has 0 radical (unpaired) electrons. The van der Waals surface area contributed by atoms with Gasteiger partial charge in [0, 0.05) is 6.54 Å². The summed E-state index contributed by atoms with van der Waals surface area (Å²) in [5.74, 6) is 0.622. The minimum atomic E-state index is -3.30. The first kappa shape index (κ1) is 12.9. The molecule has 3 N–H and O–H groups in total. The molecular formula is C8H20N2O2S. The zero-order chi connectivity index (χ0) is 10.3. The third-order valence-corrected chi connectivity index (χ3v) is 2.61. The minimum Gasteiger partial charge on any atom is -0.315 e. The highest BCUT2D eigenvalue weighted by Gasteiger charge is 2.03. The second kappa shape index (κ2) is 6.34. The molecule has 0 spiro atoms. The van der Waals surface area contributed by atoms with Gasteiger partial charge in [0.1, 0.15) is 0 Å². The van der Waals surface area contributed by atoms with Crippen molar-refractivity contribution in [1.29, 1.82) is 0 Å². The van der Waals surface area contributed by atoms with Gasteiger partial charge in [-0.15, -0.1) is 0 Å². The van der Waals surface area contributed by atoms with Gasteiger partial charge in [-0.05, 0) is 18.9 Å². The summed E-state index contributed by atoms with van der Waals surface area (Å²) in [5, 5.41) is 7.91. The van der Waals surface area contributed by atoms with E-state index in [1.54, 1.807) is 0 Å². The maximum Gasteiger partial charge on any atom is 0.210 e. The van der Waals surface area contributed by atoms with Crippen LogP contribution in [0.15, 0.2) is 0 Å². The van der Waals surface area contributed by atoms with E-state index in [4.69, 9.17) is 5.14 Å². The van der Waals surface area contributed by atoms with E-state index < -0.39 is 10.0 Å². The summed E-state index contributed by atoms with van der Waals surface area (Å²) in [4.78, 5) is 0. The topological polar surface area (TPSA) is 72.2 Å². The van der Waals surface area contributed by atoms with Gasteiger partial charge in [0.2, 0.25) is 10.0 Å². The highest BCUT2D eigenvalue weighted by Crippen LogP contribution is 2.02. The highest BCUT2D eigenvalue weighted by atomic mass is 32.2. The summed E-state index contributed by atoms with van der Waals surface area (Å²) < 4.78 is 21.1. The Bertz CT molecular complexity index is 214. The zero-order valence-electron chi connectivity index (χ0n) is 8.41. The molecule has 1 atom stereocenters. The maximum absolute atomic E-state index is 10.5. The lowest BCUT2D eigenvalue weighted by molar-refractivity contribution is 0.483.